The first-order chi connectivity index (χ1) is 11.6. The summed E-state index contributed by atoms with van der Waals surface area (Å²) in [5.41, 5.74) is 4.94. The van der Waals surface area contributed by atoms with Crippen molar-refractivity contribution < 1.29 is 14.6 Å². The molecule has 2 aromatic carbocycles. The Labute approximate surface area is 146 Å². The topological polar surface area (TPSA) is 61.8 Å². The van der Waals surface area contributed by atoms with Gasteiger partial charge in [0.25, 0.3) is 0 Å². The Morgan fingerprint density at radius 2 is 1.92 bits per heavy atom. The van der Waals surface area contributed by atoms with Crippen molar-refractivity contribution in [1.29, 1.82) is 0 Å². The molecule has 6 heteroatoms. The number of ether oxygens (including phenoxy) is 1. The van der Waals surface area contributed by atoms with E-state index in [9.17, 15) is 4.79 Å². The predicted octanol–water partition coefficient (Wildman–Crippen LogP) is 2.76. The monoisotopic (exact) mass is 348 g/mol. The van der Waals surface area contributed by atoms with Crippen molar-refractivity contribution in [3.63, 3.8) is 0 Å². The Hall–Kier alpha value is -2.08. The lowest BCUT2D eigenvalue weighted by Gasteiger charge is -2.18. The molecule has 2 aromatic rings. The molecule has 128 valence electrons. The number of rotatable bonds is 8. The van der Waals surface area contributed by atoms with Crippen LogP contribution in [-0.4, -0.2) is 29.7 Å². The van der Waals surface area contributed by atoms with E-state index < -0.39 is 0 Å². The summed E-state index contributed by atoms with van der Waals surface area (Å²) in [7, 11) is 1.64. The Kier molecular flexibility index (Phi) is 7.06. The highest BCUT2D eigenvalue weighted by Gasteiger charge is 2.07. The Morgan fingerprint density at radius 3 is 2.58 bits per heavy atom. The minimum Gasteiger partial charge on any atom is -0.489 e. The van der Waals surface area contributed by atoms with E-state index in [1.807, 2.05) is 48.5 Å². The van der Waals surface area contributed by atoms with Crippen molar-refractivity contribution in [2.45, 2.75) is 19.6 Å². The lowest BCUT2D eigenvalue weighted by Crippen LogP contribution is -2.39. The average molecular weight is 349 g/mol. The molecule has 0 heterocycles. The van der Waals surface area contributed by atoms with Crippen LogP contribution in [0.2, 0.25) is 5.02 Å². The summed E-state index contributed by atoms with van der Waals surface area (Å²) in [5.74, 6) is 0.598. The number of benzene rings is 2. The normalized spacial score (nSPS) is 10.5. The van der Waals surface area contributed by atoms with E-state index in [4.69, 9.17) is 21.4 Å². The molecule has 0 radical (unpaired) electrons. The number of nitrogens with zero attached hydrogens (tertiary/aromatic N) is 1. The van der Waals surface area contributed by atoms with Crippen molar-refractivity contribution in [2.75, 3.05) is 13.7 Å². The van der Waals surface area contributed by atoms with Crippen molar-refractivity contribution in [2.24, 2.45) is 0 Å². The zero-order valence-corrected chi connectivity index (χ0v) is 14.3. The molecule has 0 unspecified atom stereocenters. The van der Waals surface area contributed by atoms with Crippen molar-refractivity contribution >= 4 is 17.5 Å². The highest BCUT2D eigenvalue weighted by atomic mass is 35.5. The van der Waals surface area contributed by atoms with Gasteiger partial charge in [0.2, 0.25) is 5.91 Å². The van der Waals surface area contributed by atoms with Crippen LogP contribution in [0.4, 0.5) is 0 Å². The quantitative estimate of drug-likeness (QED) is 0.720. The third kappa shape index (κ3) is 5.53. The van der Waals surface area contributed by atoms with Gasteiger partial charge < -0.3 is 9.84 Å². The van der Waals surface area contributed by atoms with Gasteiger partial charge in [0.05, 0.1) is 13.0 Å². The smallest absolute Gasteiger partial charge is 0.238 e. The van der Waals surface area contributed by atoms with E-state index in [0.29, 0.717) is 18.2 Å². The number of aliphatic hydroxyl groups excluding tert-OH is 1. The number of carbonyl (C=O) groups excluding carboxylic acids is 1. The first-order valence-electron chi connectivity index (χ1n) is 7.66. The van der Waals surface area contributed by atoms with E-state index in [-0.39, 0.29) is 18.9 Å². The van der Waals surface area contributed by atoms with Gasteiger partial charge in [-0.15, -0.1) is 0 Å². The molecule has 0 bridgehead atoms. The molecule has 0 atom stereocenters. The third-order valence-electron chi connectivity index (χ3n) is 3.50. The van der Waals surface area contributed by atoms with Gasteiger partial charge in [0, 0.05) is 24.2 Å². The zero-order valence-electron chi connectivity index (χ0n) is 13.5. The van der Waals surface area contributed by atoms with Gasteiger partial charge in [-0.05, 0) is 23.8 Å². The number of hydrogen-bond acceptors (Lipinski definition) is 4. The van der Waals surface area contributed by atoms with Crippen LogP contribution in [-0.2, 0) is 17.9 Å². The molecule has 2 N–H and O–H groups in total. The number of hydrazine groups is 1. The molecule has 0 aliphatic rings. The fraction of sp³-hybridized carbons (Fsp3) is 0.278. The van der Waals surface area contributed by atoms with E-state index in [1.165, 1.54) is 5.01 Å². The summed E-state index contributed by atoms with van der Waals surface area (Å²) in [6.45, 7) is 0.774. The molecule has 1 amide bonds. The molecular weight excluding hydrogens is 328 g/mol. The second-order valence-corrected chi connectivity index (χ2v) is 5.69. The third-order valence-corrected chi connectivity index (χ3v) is 3.86. The molecule has 0 aromatic heterocycles. The summed E-state index contributed by atoms with van der Waals surface area (Å²) in [4.78, 5) is 11.5. The van der Waals surface area contributed by atoms with E-state index in [0.717, 1.165) is 16.9 Å². The van der Waals surface area contributed by atoms with Crippen LogP contribution in [0.25, 0.3) is 0 Å². The number of hydrogen-bond donors (Lipinski definition) is 2. The minimum absolute atomic E-state index is 0.109. The van der Waals surface area contributed by atoms with Gasteiger partial charge >= 0.3 is 0 Å². The number of halogens is 1. The molecule has 2 rings (SSSR count). The molecule has 5 nitrogen and oxygen atoms in total. The van der Waals surface area contributed by atoms with Gasteiger partial charge in [-0.3, -0.25) is 9.80 Å². The standard InChI is InChI=1S/C18H21ClN2O3/c1-21(18(23)10-11-22)20-12-14-6-8-16(9-7-14)24-13-15-4-2-3-5-17(15)19/h2-9,20,22H,10-13H2,1H3. The second-order valence-electron chi connectivity index (χ2n) is 5.29. The molecule has 0 saturated heterocycles. The fourth-order valence-electron chi connectivity index (χ4n) is 2.04. The largest absolute Gasteiger partial charge is 0.489 e. The molecular formula is C18H21ClN2O3. The molecule has 0 saturated carbocycles. The fourth-order valence-corrected chi connectivity index (χ4v) is 2.23. The number of aliphatic hydroxyl groups is 1. The SMILES string of the molecule is CN(NCc1ccc(OCc2ccccc2Cl)cc1)C(=O)CCO. The molecule has 0 fully saturated rings. The first-order valence-corrected chi connectivity index (χ1v) is 8.04. The van der Waals surface area contributed by atoms with Crippen LogP contribution >= 0.6 is 11.6 Å². The van der Waals surface area contributed by atoms with Gasteiger partial charge in [0.15, 0.2) is 0 Å². The summed E-state index contributed by atoms with van der Waals surface area (Å²) < 4.78 is 5.73. The van der Waals surface area contributed by atoms with E-state index in [1.54, 1.807) is 7.05 Å². The predicted molar refractivity (Wildman–Crippen MR) is 93.5 cm³/mol. The molecule has 0 aliphatic carbocycles. The zero-order chi connectivity index (χ0) is 17.4. The Morgan fingerprint density at radius 1 is 1.21 bits per heavy atom. The van der Waals surface area contributed by atoms with Gasteiger partial charge in [0.1, 0.15) is 12.4 Å². The maximum Gasteiger partial charge on any atom is 0.238 e. The summed E-state index contributed by atoms with van der Waals surface area (Å²) in [5, 5.41) is 10.8. The molecule has 0 aliphatic heterocycles. The number of nitrogens with one attached hydrogen (secondary N) is 1. The molecule has 24 heavy (non-hydrogen) atoms. The van der Waals surface area contributed by atoms with Crippen LogP contribution in [0, 0.1) is 0 Å². The number of amides is 1. The van der Waals surface area contributed by atoms with Gasteiger partial charge in [-0.2, -0.15) is 0 Å². The van der Waals surface area contributed by atoms with Gasteiger partial charge in [-0.1, -0.05) is 41.9 Å². The summed E-state index contributed by atoms with van der Waals surface area (Å²) >= 11 is 6.10. The van der Waals surface area contributed by atoms with Crippen LogP contribution in [0.5, 0.6) is 5.75 Å². The lowest BCUT2D eigenvalue weighted by atomic mass is 10.2. The number of carbonyl (C=O) groups is 1. The Bertz CT molecular complexity index is 662. The van der Waals surface area contributed by atoms with E-state index in [2.05, 4.69) is 5.43 Å². The van der Waals surface area contributed by atoms with Crippen LogP contribution < -0.4 is 10.2 Å². The van der Waals surface area contributed by atoms with Crippen LogP contribution in [0.1, 0.15) is 17.5 Å². The Balaban J connectivity index is 1.82. The van der Waals surface area contributed by atoms with Crippen LogP contribution in [0.15, 0.2) is 48.5 Å². The average Bonchev–Trinajstić information content (AvgIpc) is 2.60. The maximum absolute atomic E-state index is 11.5. The highest BCUT2D eigenvalue weighted by molar-refractivity contribution is 6.31. The minimum atomic E-state index is -0.155. The van der Waals surface area contributed by atoms with Crippen molar-refractivity contribution in [3.05, 3.63) is 64.7 Å². The van der Waals surface area contributed by atoms with Crippen molar-refractivity contribution in [3.8, 4) is 5.75 Å². The van der Waals surface area contributed by atoms with E-state index >= 15 is 0 Å². The maximum atomic E-state index is 11.5. The van der Waals surface area contributed by atoms with Crippen molar-refractivity contribution in [1.82, 2.24) is 10.4 Å². The summed E-state index contributed by atoms with van der Waals surface area (Å²) in [6.07, 6.45) is 0.109. The highest BCUT2D eigenvalue weighted by Crippen LogP contribution is 2.19. The second kappa shape index (κ2) is 9.27. The first kappa shape index (κ1) is 18.3. The van der Waals surface area contributed by atoms with Gasteiger partial charge in [-0.25, -0.2) is 5.43 Å². The summed E-state index contributed by atoms with van der Waals surface area (Å²) in [6, 6.07) is 15.2. The molecule has 0 spiro atoms. The van der Waals surface area contributed by atoms with Crippen LogP contribution in [0.3, 0.4) is 0 Å². The lowest BCUT2D eigenvalue weighted by molar-refractivity contribution is -0.133.